The van der Waals surface area contributed by atoms with Gasteiger partial charge in [0, 0.05) is 12.1 Å². The lowest BCUT2D eigenvalue weighted by molar-refractivity contribution is -0.884. The largest absolute Gasteiger partial charge is 1.00 e. The van der Waals surface area contributed by atoms with E-state index in [0.29, 0.717) is 6.04 Å². The molecule has 0 saturated heterocycles. The summed E-state index contributed by atoms with van der Waals surface area (Å²) in [5.74, 6) is 0. The van der Waals surface area contributed by atoms with E-state index in [1.54, 1.807) is 0 Å². The molecule has 1 atom stereocenters. The predicted molar refractivity (Wildman–Crippen MR) is 98.6 cm³/mol. The first-order chi connectivity index (χ1) is 11.0. The summed E-state index contributed by atoms with van der Waals surface area (Å²) in [6.45, 7) is 4.37. The molecule has 0 fully saturated rings. The van der Waals surface area contributed by atoms with E-state index in [4.69, 9.17) is 5.41 Å². The van der Waals surface area contributed by atoms with E-state index in [2.05, 4.69) is 88.6 Å². The predicted octanol–water partition coefficient (Wildman–Crippen LogP) is 0.330. The Morgan fingerprint density at radius 3 is 1.71 bits per heavy atom. The van der Waals surface area contributed by atoms with Crippen molar-refractivity contribution in [2.75, 3.05) is 14.1 Å². The maximum absolute atomic E-state index is 8.84. The Labute approximate surface area is 152 Å². The third-order valence-corrected chi connectivity index (χ3v) is 5.00. The molecule has 0 aromatic heterocycles. The van der Waals surface area contributed by atoms with Gasteiger partial charge in [-0.15, -0.1) is 0 Å². The fraction of sp³-hybridized carbons (Fsp3) is 0.381. The number of benzene rings is 2. The molecular weight excluding hydrogens is 316 g/mol. The van der Waals surface area contributed by atoms with Crippen LogP contribution in [-0.2, 0) is 5.41 Å². The standard InChI is InChI=1S/C21H28N2.ClH/c1-5-20(22)21(16-17(2)23(3)4,18-12-8-6-9-13-18)19-14-10-7-11-15-19;/h6-15,17,22H,5,16H2,1-4H3;1H. The lowest BCUT2D eigenvalue weighted by Crippen LogP contribution is -3.09. The second-order valence-corrected chi connectivity index (χ2v) is 6.65. The molecule has 2 rings (SSSR count). The minimum Gasteiger partial charge on any atom is -1.00 e. The Morgan fingerprint density at radius 1 is 0.958 bits per heavy atom. The van der Waals surface area contributed by atoms with E-state index in [0.717, 1.165) is 18.6 Å². The zero-order valence-electron chi connectivity index (χ0n) is 15.1. The molecule has 24 heavy (non-hydrogen) atoms. The number of rotatable bonds is 7. The van der Waals surface area contributed by atoms with E-state index < -0.39 is 0 Å². The van der Waals surface area contributed by atoms with Gasteiger partial charge in [0.25, 0.3) is 0 Å². The van der Waals surface area contributed by atoms with Crippen LogP contribution in [-0.4, -0.2) is 25.8 Å². The first kappa shape index (κ1) is 20.4. The molecule has 2 aromatic carbocycles. The van der Waals surface area contributed by atoms with Gasteiger partial charge in [-0.25, -0.2) is 0 Å². The molecular formula is C21H29ClN2. The van der Waals surface area contributed by atoms with Crippen molar-refractivity contribution >= 4 is 5.71 Å². The van der Waals surface area contributed by atoms with Crippen molar-refractivity contribution in [2.45, 2.75) is 38.1 Å². The van der Waals surface area contributed by atoms with Gasteiger partial charge in [0.1, 0.15) is 0 Å². The average molecular weight is 345 g/mol. The molecule has 0 saturated carbocycles. The maximum atomic E-state index is 8.84. The van der Waals surface area contributed by atoms with E-state index in [-0.39, 0.29) is 17.8 Å². The van der Waals surface area contributed by atoms with E-state index in [1.807, 2.05) is 0 Å². The Balaban J connectivity index is 0.00000288. The minimum atomic E-state index is -0.339. The van der Waals surface area contributed by atoms with Crippen LogP contribution < -0.4 is 17.3 Å². The summed E-state index contributed by atoms with van der Waals surface area (Å²) < 4.78 is 0. The quantitative estimate of drug-likeness (QED) is 0.678. The zero-order valence-corrected chi connectivity index (χ0v) is 15.9. The fourth-order valence-electron chi connectivity index (χ4n) is 3.28. The zero-order chi connectivity index (χ0) is 16.9. The number of hydrogen-bond donors (Lipinski definition) is 2. The molecule has 2 N–H and O–H groups in total. The second-order valence-electron chi connectivity index (χ2n) is 6.65. The molecule has 0 aliphatic rings. The van der Waals surface area contributed by atoms with Crippen LogP contribution in [0.4, 0.5) is 0 Å². The lowest BCUT2D eigenvalue weighted by Gasteiger charge is -2.38. The van der Waals surface area contributed by atoms with Crippen LogP contribution in [0.2, 0.25) is 0 Å². The number of nitrogens with one attached hydrogen (secondary N) is 2. The normalized spacial score (nSPS) is 12.5. The Hall–Kier alpha value is -1.64. The molecule has 3 heteroatoms. The van der Waals surface area contributed by atoms with Crippen LogP contribution in [0.5, 0.6) is 0 Å². The summed E-state index contributed by atoms with van der Waals surface area (Å²) in [7, 11) is 4.39. The third kappa shape index (κ3) is 4.06. The van der Waals surface area contributed by atoms with E-state index in [9.17, 15) is 0 Å². The number of hydrogen-bond acceptors (Lipinski definition) is 1. The van der Waals surface area contributed by atoms with Gasteiger partial charge in [0.15, 0.2) is 0 Å². The molecule has 0 aliphatic carbocycles. The molecule has 0 spiro atoms. The van der Waals surface area contributed by atoms with Gasteiger partial charge >= 0.3 is 0 Å². The molecule has 0 radical (unpaired) electrons. The summed E-state index contributed by atoms with van der Waals surface area (Å²) in [6.07, 6.45) is 1.70. The molecule has 130 valence electrons. The smallest absolute Gasteiger partial charge is 0.0857 e. The van der Waals surface area contributed by atoms with Crippen LogP contribution >= 0.6 is 0 Å². The molecule has 0 aliphatic heterocycles. The Kier molecular flexibility index (Phi) is 7.65. The molecule has 0 bridgehead atoms. The van der Waals surface area contributed by atoms with Crippen molar-refractivity contribution in [3.05, 3.63) is 71.8 Å². The van der Waals surface area contributed by atoms with Gasteiger partial charge in [-0.05, 0) is 24.5 Å². The Morgan fingerprint density at radius 2 is 1.38 bits per heavy atom. The van der Waals surface area contributed by atoms with Crippen molar-refractivity contribution in [1.82, 2.24) is 0 Å². The topological polar surface area (TPSA) is 28.3 Å². The van der Waals surface area contributed by atoms with Crippen molar-refractivity contribution in [3.63, 3.8) is 0 Å². The van der Waals surface area contributed by atoms with Crippen LogP contribution in [0.1, 0.15) is 37.8 Å². The minimum absolute atomic E-state index is 0. The van der Waals surface area contributed by atoms with Crippen molar-refractivity contribution in [1.29, 1.82) is 5.41 Å². The maximum Gasteiger partial charge on any atom is 0.0857 e. The molecule has 2 aromatic rings. The van der Waals surface area contributed by atoms with Crippen molar-refractivity contribution in [2.24, 2.45) is 0 Å². The lowest BCUT2D eigenvalue weighted by atomic mass is 9.66. The van der Waals surface area contributed by atoms with Gasteiger partial charge in [-0.2, -0.15) is 0 Å². The summed E-state index contributed by atoms with van der Waals surface area (Å²) in [4.78, 5) is 1.42. The van der Waals surface area contributed by atoms with Crippen molar-refractivity contribution in [3.8, 4) is 0 Å². The highest BCUT2D eigenvalue weighted by Crippen LogP contribution is 2.38. The first-order valence-corrected chi connectivity index (χ1v) is 8.51. The van der Waals surface area contributed by atoms with Gasteiger partial charge < -0.3 is 22.7 Å². The number of quaternary nitrogens is 1. The third-order valence-electron chi connectivity index (χ3n) is 5.00. The van der Waals surface area contributed by atoms with Crippen LogP contribution in [0.25, 0.3) is 0 Å². The summed E-state index contributed by atoms with van der Waals surface area (Å²) in [6, 6.07) is 21.6. The molecule has 0 amide bonds. The number of halogens is 1. The molecule has 1 unspecified atom stereocenters. The van der Waals surface area contributed by atoms with Gasteiger partial charge in [-0.3, -0.25) is 0 Å². The van der Waals surface area contributed by atoms with Crippen LogP contribution in [0.15, 0.2) is 60.7 Å². The van der Waals surface area contributed by atoms with E-state index in [1.165, 1.54) is 16.0 Å². The van der Waals surface area contributed by atoms with Crippen molar-refractivity contribution < 1.29 is 17.3 Å². The highest BCUT2D eigenvalue weighted by atomic mass is 35.5. The average Bonchev–Trinajstić information content (AvgIpc) is 2.60. The van der Waals surface area contributed by atoms with E-state index >= 15 is 0 Å². The summed E-state index contributed by atoms with van der Waals surface area (Å²) in [5.41, 5.74) is 2.91. The first-order valence-electron chi connectivity index (χ1n) is 8.51. The molecule has 2 nitrogen and oxygen atoms in total. The SMILES string of the molecule is CCC(=N)C(CC(C)[NH+](C)C)(c1ccccc1)c1ccccc1.[Cl-]. The summed E-state index contributed by atoms with van der Waals surface area (Å²) >= 11 is 0. The van der Waals surface area contributed by atoms with Gasteiger partial charge in [0.2, 0.25) is 0 Å². The van der Waals surface area contributed by atoms with Gasteiger partial charge in [0.05, 0.1) is 25.6 Å². The monoisotopic (exact) mass is 344 g/mol. The second kappa shape index (κ2) is 9.00. The molecule has 0 heterocycles. The highest BCUT2D eigenvalue weighted by Gasteiger charge is 2.40. The van der Waals surface area contributed by atoms with Crippen LogP contribution in [0.3, 0.4) is 0 Å². The highest BCUT2D eigenvalue weighted by molar-refractivity contribution is 5.95. The van der Waals surface area contributed by atoms with Gasteiger partial charge in [-0.1, -0.05) is 67.6 Å². The summed E-state index contributed by atoms with van der Waals surface area (Å²) in [5, 5.41) is 8.84. The Bertz CT molecular complexity index is 583. The fourth-order valence-corrected chi connectivity index (χ4v) is 3.28. The van der Waals surface area contributed by atoms with Crippen LogP contribution in [0, 0.1) is 5.41 Å².